The molecule has 2 atom stereocenters. The number of ether oxygens (including phenoxy) is 3. The van der Waals surface area contributed by atoms with Crippen molar-refractivity contribution in [1.82, 2.24) is 9.80 Å². The maximum Gasteiger partial charge on any atom is 0.264 e. The van der Waals surface area contributed by atoms with Gasteiger partial charge in [0.1, 0.15) is 19.7 Å². The number of nitrogens with zero attached hydrogens (tertiary/aromatic N) is 2. The summed E-state index contributed by atoms with van der Waals surface area (Å²) in [5.41, 5.74) is 0.874. The van der Waals surface area contributed by atoms with E-state index in [4.69, 9.17) is 18.3 Å². The number of sulfone groups is 2. The van der Waals surface area contributed by atoms with Gasteiger partial charge in [-0.1, -0.05) is 24.3 Å². The van der Waals surface area contributed by atoms with Crippen LogP contribution in [0.5, 0.6) is 23.0 Å². The van der Waals surface area contributed by atoms with Crippen molar-refractivity contribution >= 4 is 66.5 Å². The molecule has 0 spiro atoms. The van der Waals surface area contributed by atoms with Crippen molar-refractivity contribution in [3.05, 3.63) is 106 Å². The summed E-state index contributed by atoms with van der Waals surface area (Å²) in [5.74, 6) is -5.03. The van der Waals surface area contributed by atoms with E-state index >= 15 is 0 Å². The monoisotopic (exact) mass is 909 g/mol. The van der Waals surface area contributed by atoms with Crippen molar-refractivity contribution in [1.29, 1.82) is 0 Å². The fraction of sp³-hybridized carbons (Fsp3) is 0.302. The Bertz CT molecular complexity index is 2850. The predicted octanol–water partition coefficient (Wildman–Crippen LogP) is 4.57. The Kier molecular flexibility index (Phi) is 13.0. The van der Waals surface area contributed by atoms with E-state index in [0.717, 1.165) is 22.3 Å². The lowest BCUT2D eigenvalue weighted by Crippen LogP contribution is -2.37. The number of anilines is 2. The molecule has 4 aromatic carbocycles. The van der Waals surface area contributed by atoms with Crippen LogP contribution in [0, 0.1) is 0 Å². The molecule has 0 aromatic heterocycles. The number of nitrogens with one attached hydrogen (secondary N) is 2. The zero-order chi connectivity index (χ0) is 49.1. The molecule has 4 aromatic rings. The van der Waals surface area contributed by atoms with Crippen molar-refractivity contribution in [2.75, 3.05) is 54.9 Å². The largest absolute Gasteiger partial charge is 0.504 e. The zero-order valence-electron chi connectivity index (χ0n) is 37.9. The number of fused-ring (bicyclic) bond motifs is 2. The Morgan fingerprint density at radius 1 is 0.651 bits per heavy atom. The molecular formula is C43H46N4O14S2. The number of amides is 6. The third kappa shape index (κ3) is 10.6. The molecule has 0 unspecified atom stereocenters. The normalized spacial score (nSPS) is 15.2. The number of hydrogen-bond donors (Lipinski definition) is 3. The average Bonchev–Trinajstić information content (AvgIpc) is 3.61. The molecule has 20 heteroatoms. The highest BCUT2D eigenvalue weighted by molar-refractivity contribution is 7.90. The molecule has 6 amide bonds. The number of benzene rings is 4. The highest BCUT2D eigenvalue weighted by Crippen LogP contribution is 2.40. The average molecular weight is 910 g/mol. The SMILES string of the molecule is CCOc1cc([C@@H](CS(C)(=O)=O)N2C(=O)c3cccc(NC(C)=O)c3C2=O)ccc1O.[2H]C([2H])([2H])Oc1ccc([C@@H](CS(C)(=O)=O)N2C(=O)c3cccc(NC(C)=O)c3C2=O)cc1OCC. The van der Waals surface area contributed by atoms with E-state index in [9.17, 15) is 50.7 Å². The van der Waals surface area contributed by atoms with Crippen LogP contribution in [0.15, 0.2) is 72.8 Å². The van der Waals surface area contributed by atoms with E-state index in [-0.39, 0.29) is 75.4 Å². The number of imide groups is 2. The maximum atomic E-state index is 13.4. The van der Waals surface area contributed by atoms with Crippen LogP contribution in [0.2, 0.25) is 0 Å². The Morgan fingerprint density at radius 3 is 1.49 bits per heavy atom. The maximum absolute atomic E-state index is 13.4. The molecule has 63 heavy (non-hydrogen) atoms. The summed E-state index contributed by atoms with van der Waals surface area (Å²) >= 11 is 0. The van der Waals surface area contributed by atoms with Gasteiger partial charge in [0.15, 0.2) is 23.0 Å². The third-order valence-electron chi connectivity index (χ3n) is 9.49. The minimum absolute atomic E-state index is 0.00464. The molecule has 6 rings (SSSR count). The molecule has 0 saturated carbocycles. The van der Waals surface area contributed by atoms with Crippen molar-refractivity contribution in [2.24, 2.45) is 0 Å². The first kappa shape index (κ1) is 42.9. The first-order valence-electron chi connectivity index (χ1n) is 20.6. The van der Waals surface area contributed by atoms with E-state index in [0.29, 0.717) is 5.56 Å². The summed E-state index contributed by atoms with van der Waals surface area (Å²) in [7, 11) is -10.1. The summed E-state index contributed by atoms with van der Waals surface area (Å²) in [5, 5.41) is 15.0. The van der Waals surface area contributed by atoms with Crippen LogP contribution in [0.1, 0.15) is 96.4 Å². The number of carbonyl (C=O) groups excluding carboxylic acids is 6. The Hall–Kier alpha value is -6.80. The number of aromatic hydroxyl groups is 1. The first-order valence-corrected chi connectivity index (χ1v) is 23.2. The topological polar surface area (TPSA) is 249 Å². The van der Waals surface area contributed by atoms with Crippen LogP contribution in [-0.4, -0.2) is 111 Å². The van der Waals surface area contributed by atoms with Crippen LogP contribution < -0.4 is 24.8 Å². The van der Waals surface area contributed by atoms with Gasteiger partial charge < -0.3 is 30.0 Å². The van der Waals surface area contributed by atoms with Crippen LogP contribution in [0.4, 0.5) is 11.4 Å². The molecule has 2 aliphatic heterocycles. The minimum Gasteiger partial charge on any atom is -0.504 e. The quantitative estimate of drug-likeness (QED) is 0.138. The number of rotatable bonds is 15. The molecule has 18 nitrogen and oxygen atoms in total. The summed E-state index contributed by atoms with van der Waals surface area (Å²) in [6.07, 6.45) is 1.97. The molecule has 2 aliphatic rings. The van der Waals surface area contributed by atoms with E-state index in [1.165, 1.54) is 86.6 Å². The highest BCUT2D eigenvalue weighted by atomic mass is 32.2. The molecule has 2 heterocycles. The Labute approximate surface area is 368 Å². The fourth-order valence-corrected chi connectivity index (χ4v) is 8.90. The Balaban J connectivity index is 0.000000249. The van der Waals surface area contributed by atoms with E-state index in [1.807, 2.05) is 0 Å². The second kappa shape index (κ2) is 19.1. The smallest absolute Gasteiger partial charge is 0.264 e. The molecule has 0 bridgehead atoms. The fourth-order valence-electron chi connectivity index (χ4n) is 7.07. The van der Waals surface area contributed by atoms with Gasteiger partial charge in [-0.3, -0.25) is 38.6 Å². The van der Waals surface area contributed by atoms with Crippen molar-refractivity contribution in [2.45, 2.75) is 39.8 Å². The van der Waals surface area contributed by atoms with Crippen LogP contribution in [0.3, 0.4) is 0 Å². The van der Waals surface area contributed by atoms with E-state index < -0.39 is 85.7 Å². The minimum atomic E-state index is -3.71. The standard InChI is InChI=1S/C22H24N2O7S.C21H22N2O7S/c1-5-31-19-11-14(9-10-18(19)30-3)17(12-32(4,28)29)24-21(26)15-7-6-8-16(23-13(2)25)20(15)22(24)27;1-4-30-18-10-13(8-9-17(18)25)16(11-31(3,28)29)23-20(26)14-6-5-7-15(22-12(2)24)19(14)21(23)27/h6-11,17H,5,12H2,1-4H3,(H,23,25);5-10,16,25H,4,11H2,1-3H3,(H,22,24)/t17-;16-/m11/s1/i3D3;. The van der Waals surface area contributed by atoms with Gasteiger partial charge in [0.2, 0.25) is 11.8 Å². The molecule has 0 radical (unpaired) electrons. The molecule has 0 fully saturated rings. The van der Waals surface area contributed by atoms with Crippen molar-refractivity contribution < 1.29 is 69.0 Å². The number of phenols is 1. The van der Waals surface area contributed by atoms with Crippen molar-refractivity contribution in [3.63, 3.8) is 0 Å². The molecule has 334 valence electrons. The lowest BCUT2D eigenvalue weighted by Gasteiger charge is -2.27. The number of phenolic OH excluding ortho intramolecular Hbond substituents is 1. The number of methoxy groups -OCH3 is 1. The molecular weight excluding hydrogens is 861 g/mol. The van der Waals surface area contributed by atoms with Gasteiger partial charge in [-0.15, -0.1) is 0 Å². The highest BCUT2D eigenvalue weighted by Gasteiger charge is 2.45. The van der Waals surface area contributed by atoms with E-state index in [1.54, 1.807) is 13.8 Å². The van der Waals surface area contributed by atoms with Crippen LogP contribution in [0.25, 0.3) is 0 Å². The summed E-state index contributed by atoms with van der Waals surface area (Å²) in [6, 6.07) is 14.6. The summed E-state index contributed by atoms with van der Waals surface area (Å²) < 4.78 is 86.7. The van der Waals surface area contributed by atoms with E-state index in [2.05, 4.69) is 10.6 Å². The summed E-state index contributed by atoms with van der Waals surface area (Å²) in [4.78, 5) is 77.9. The lowest BCUT2D eigenvalue weighted by molar-refractivity contribution is -0.115. The molecule has 3 N–H and O–H groups in total. The van der Waals surface area contributed by atoms with Gasteiger partial charge in [0.05, 0.1) is 81.6 Å². The van der Waals surface area contributed by atoms with Gasteiger partial charge in [0.25, 0.3) is 23.6 Å². The van der Waals surface area contributed by atoms with Gasteiger partial charge in [0, 0.05) is 26.4 Å². The predicted molar refractivity (Wildman–Crippen MR) is 231 cm³/mol. The lowest BCUT2D eigenvalue weighted by atomic mass is 10.1. The van der Waals surface area contributed by atoms with Gasteiger partial charge in [-0.2, -0.15) is 0 Å². The summed E-state index contributed by atoms with van der Waals surface area (Å²) in [6.45, 7) is 6.30. The van der Waals surface area contributed by atoms with Gasteiger partial charge in [-0.25, -0.2) is 16.8 Å². The van der Waals surface area contributed by atoms with Crippen LogP contribution >= 0.6 is 0 Å². The zero-order valence-corrected chi connectivity index (χ0v) is 36.5. The molecule has 0 aliphatic carbocycles. The van der Waals surface area contributed by atoms with Crippen LogP contribution in [-0.2, 0) is 29.3 Å². The second-order valence-electron chi connectivity index (χ2n) is 14.4. The van der Waals surface area contributed by atoms with Gasteiger partial charge in [-0.05, 0) is 73.5 Å². The van der Waals surface area contributed by atoms with Crippen molar-refractivity contribution in [3.8, 4) is 23.0 Å². The molecule has 0 saturated heterocycles. The second-order valence-corrected chi connectivity index (χ2v) is 18.8. The Morgan fingerprint density at radius 2 is 1.08 bits per heavy atom. The number of hydrogen-bond acceptors (Lipinski definition) is 14. The number of carbonyl (C=O) groups is 6. The first-order chi connectivity index (χ1) is 30.7. The van der Waals surface area contributed by atoms with Gasteiger partial charge >= 0.3 is 0 Å². The third-order valence-corrected chi connectivity index (χ3v) is 11.3.